The number of halogens is 3. The molecule has 1 rings (SSSR count). The first-order chi connectivity index (χ1) is 7.88. The molecule has 0 radical (unpaired) electrons. The third-order valence-corrected chi connectivity index (χ3v) is 2.36. The molecule has 0 bridgehead atoms. The third-order valence-electron chi connectivity index (χ3n) is 2.36. The second-order valence-corrected chi connectivity index (χ2v) is 3.90. The van der Waals surface area contributed by atoms with Gasteiger partial charge in [-0.15, -0.1) is 0 Å². The lowest BCUT2D eigenvalue weighted by Gasteiger charge is -2.14. The number of amides is 1. The van der Waals surface area contributed by atoms with Crippen molar-refractivity contribution in [3.05, 3.63) is 0 Å². The Morgan fingerprint density at radius 1 is 1.47 bits per heavy atom. The standard InChI is InChI=1S/C9H15F3N2O3/c10-9(11,12)5-17-4-8(16)14-2-6-1-13-3-7(6)15/h6-7,13,15H,1-5H2,(H,14,16). The van der Waals surface area contributed by atoms with E-state index in [2.05, 4.69) is 15.4 Å². The molecule has 0 spiro atoms. The number of aliphatic hydroxyl groups is 1. The molecule has 1 aliphatic heterocycles. The molecule has 0 aromatic carbocycles. The second kappa shape index (κ2) is 6.18. The van der Waals surface area contributed by atoms with Gasteiger partial charge in [-0.05, 0) is 0 Å². The van der Waals surface area contributed by atoms with Crippen LogP contribution in [-0.4, -0.2) is 56.1 Å². The predicted octanol–water partition coefficient (Wildman–Crippen LogP) is -0.738. The van der Waals surface area contributed by atoms with Gasteiger partial charge in [0.25, 0.3) is 0 Å². The molecule has 2 atom stereocenters. The van der Waals surface area contributed by atoms with Gasteiger partial charge in [-0.3, -0.25) is 4.79 Å². The fraction of sp³-hybridized carbons (Fsp3) is 0.889. The van der Waals surface area contributed by atoms with Crippen molar-refractivity contribution >= 4 is 5.91 Å². The van der Waals surface area contributed by atoms with E-state index in [1.54, 1.807) is 0 Å². The number of hydrogen-bond acceptors (Lipinski definition) is 4. The zero-order chi connectivity index (χ0) is 12.9. The fourth-order valence-electron chi connectivity index (χ4n) is 1.48. The van der Waals surface area contributed by atoms with Gasteiger partial charge in [0.05, 0.1) is 6.10 Å². The lowest BCUT2D eigenvalue weighted by Crippen LogP contribution is -2.36. The smallest absolute Gasteiger partial charge is 0.391 e. The van der Waals surface area contributed by atoms with E-state index in [0.717, 1.165) is 0 Å². The SMILES string of the molecule is O=C(COCC(F)(F)F)NCC1CNCC1O. The quantitative estimate of drug-likeness (QED) is 0.606. The minimum Gasteiger partial charge on any atom is -0.391 e. The normalized spacial score (nSPS) is 24.9. The highest BCUT2D eigenvalue weighted by atomic mass is 19.4. The van der Waals surface area contributed by atoms with Crippen LogP contribution in [0.5, 0.6) is 0 Å². The molecule has 8 heteroatoms. The number of nitrogens with one attached hydrogen (secondary N) is 2. The molecule has 1 aliphatic rings. The number of aliphatic hydroxyl groups excluding tert-OH is 1. The van der Waals surface area contributed by atoms with E-state index >= 15 is 0 Å². The summed E-state index contributed by atoms with van der Waals surface area (Å²) in [6, 6.07) is 0. The van der Waals surface area contributed by atoms with E-state index in [4.69, 9.17) is 0 Å². The van der Waals surface area contributed by atoms with Crippen molar-refractivity contribution in [2.24, 2.45) is 5.92 Å². The lowest BCUT2D eigenvalue weighted by atomic mass is 10.1. The van der Waals surface area contributed by atoms with Gasteiger partial charge in [-0.2, -0.15) is 13.2 Å². The van der Waals surface area contributed by atoms with Crippen LogP contribution in [0, 0.1) is 5.92 Å². The van der Waals surface area contributed by atoms with E-state index in [9.17, 15) is 23.1 Å². The first kappa shape index (κ1) is 14.2. The Bertz CT molecular complexity index is 260. The summed E-state index contributed by atoms with van der Waals surface area (Å²) in [4.78, 5) is 11.1. The molecule has 0 aromatic rings. The van der Waals surface area contributed by atoms with Crippen molar-refractivity contribution < 1.29 is 27.8 Å². The highest BCUT2D eigenvalue weighted by molar-refractivity contribution is 5.77. The van der Waals surface area contributed by atoms with Crippen LogP contribution in [0.1, 0.15) is 0 Å². The molecule has 0 saturated carbocycles. The molecule has 3 N–H and O–H groups in total. The Morgan fingerprint density at radius 3 is 2.71 bits per heavy atom. The number of rotatable bonds is 5. The predicted molar refractivity (Wildman–Crippen MR) is 52.3 cm³/mol. The summed E-state index contributed by atoms with van der Waals surface area (Å²) < 4.78 is 39.3. The largest absolute Gasteiger partial charge is 0.411 e. The van der Waals surface area contributed by atoms with Crippen molar-refractivity contribution in [3.8, 4) is 0 Å². The first-order valence-electron chi connectivity index (χ1n) is 5.18. The summed E-state index contributed by atoms with van der Waals surface area (Å²) >= 11 is 0. The van der Waals surface area contributed by atoms with Crippen molar-refractivity contribution in [1.82, 2.24) is 10.6 Å². The minimum atomic E-state index is -4.42. The van der Waals surface area contributed by atoms with Crippen molar-refractivity contribution in [3.63, 3.8) is 0 Å². The Morgan fingerprint density at radius 2 is 2.18 bits per heavy atom. The fourth-order valence-corrected chi connectivity index (χ4v) is 1.48. The zero-order valence-corrected chi connectivity index (χ0v) is 9.09. The average Bonchev–Trinajstić information content (AvgIpc) is 2.59. The Hall–Kier alpha value is -0.860. The zero-order valence-electron chi connectivity index (χ0n) is 9.09. The van der Waals surface area contributed by atoms with Crippen LogP contribution in [0.2, 0.25) is 0 Å². The molecule has 17 heavy (non-hydrogen) atoms. The molecule has 5 nitrogen and oxygen atoms in total. The van der Waals surface area contributed by atoms with Crippen molar-refractivity contribution in [2.75, 3.05) is 32.8 Å². The van der Waals surface area contributed by atoms with Gasteiger partial charge in [0.2, 0.25) is 5.91 Å². The van der Waals surface area contributed by atoms with Crippen LogP contribution >= 0.6 is 0 Å². The summed E-state index contributed by atoms with van der Waals surface area (Å²) in [5, 5.41) is 14.7. The summed E-state index contributed by atoms with van der Waals surface area (Å²) in [7, 11) is 0. The number of alkyl halides is 3. The summed E-state index contributed by atoms with van der Waals surface area (Å²) in [6.45, 7) is -0.803. The van der Waals surface area contributed by atoms with Gasteiger partial charge >= 0.3 is 6.18 Å². The van der Waals surface area contributed by atoms with E-state index in [1.165, 1.54) is 0 Å². The second-order valence-electron chi connectivity index (χ2n) is 3.90. The van der Waals surface area contributed by atoms with Crippen LogP contribution in [0.25, 0.3) is 0 Å². The van der Waals surface area contributed by atoms with Gasteiger partial charge in [0, 0.05) is 25.6 Å². The van der Waals surface area contributed by atoms with Crippen LogP contribution in [0.3, 0.4) is 0 Å². The monoisotopic (exact) mass is 256 g/mol. The first-order valence-corrected chi connectivity index (χ1v) is 5.18. The molecule has 2 unspecified atom stereocenters. The minimum absolute atomic E-state index is 0.110. The van der Waals surface area contributed by atoms with Crippen LogP contribution in [-0.2, 0) is 9.53 Å². The summed E-state index contributed by atoms with van der Waals surface area (Å²) in [5.74, 6) is -0.727. The molecule has 1 heterocycles. The Balaban J connectivity index is 2.09. The maximum atomic E-state index is 11.7. The van der Waals surface area contributed by atoms with Gasteiger partial charge < -0.3 is 20.5 Å². The molecule has 1 saturated heterocycles. The highest BCUT2D eigenvalue weighted by Crippen LogP contribution is 2.14. The van der Waals surface area contributed by atoms with Crippen LogP contribution in [0.4, 0.5) is 13.2 Å². The number of carbonyl (C=O) groups excluding carboxylic acids is 1. The molecule has 0 aromatic heterocycles. The van der Waals surface area contributed by atoms with Crippen LogP contribution in [0.15, 0.2) is 0 Å². The Labute approximate surface area is 96.3 Å². The maximum absolute atomic E-state index is 11.7. The van der Waals surface area contributed by atoms with E-state index in [1.807, 2.05) is 0 Å². The molecule has 1 fully saturated rings. The summed E-state index contributed by atoms with van der Waals surface area (Å²) in [5.41, 5.74) is 0. The molecule has 0 aliphatic carbocycles. The molecule has 100 valence electrons. The van der Waals surface area contributed by atoms with Gasteiger partial charge in [-0.25, -0.2) is 0 Å². The number of carbonyl (C=O) groups is 1. The van der Waals surface area contributed by atoms with E-state index in [-0.39, 0.29) is 12.5 Å². The average molecular weight is 256 g/mol. The number of hydrogen-bond donors (Lipinski definition) is 3. The van der Waals surface area contributed by atoms with Crippen molar-refractivity contribution in [2.45, 2.75) is 12.3 Å². The lowest BCUT2D eigenvalue weighted by molar-refractivity contribution is -0.175. The summed E-state index contributed by atoms with van der Waals surface area (Å²) in [6.07, 6.45) is -4.96. The number of β-amino-alcohol motifs (C(OH)–C–C–N with tert-alkyl or cyclic N) is 1. The van der Waals surface area contributed by atoms with Crippen LogP contribution < -0.4 is 10.6 Å². The van der Waals surface area contributed by atoms with E-state index < -0.39 is 31.4 Å². The molecular formula is C9H15F3N2O3. The van der Waals surface area contributed by atoms with Gasteiger partial charge in [0.1, 0.15) is 13.2 Å². The highest BCUT2D eigenvalue weighted by Gasteiger charge is 2.28. The third kappa shape index (κ3) is 5.85. The Kier molecular flexibility index (Phi) is 5.16. The molecular weight excluding hydrogens is 241 g/mol. The topological polar surface area (TPSA) is 70.6 Å². The van der Waals surface area contributed by atoms with Gasteiger partial charge in [0.15, 0.2) is 0 Å². The number of ether oxygens (including phenoxy) is 1. The van der Waals surface area contributed by atoms with Gasteiger partial charge in [-0.1, -0.05) is 0 Å². The van der Waals surface area contributed by atoms with E-state index in [0.29, 0.717) is 13.1 Å². The maximum Gasteiger partial charge on any atom is 0.411 e. The molecule has 1 amide bonds. The van der Waals surface area contributed by atoms with Crippen molar-refractivity contribution in [1.29, 1.82) is 0 Å².